The Kier molecular flexibility index (Phi) is 3.46. The standard InChI is InChI=1S/C16H11ClN2O2/c17-14-3-1-2-10(7-14)11-4-5-12-8-15(19-16(20)21)18-9-13(12)6-11/h1-9H,(H,18,19)(H,20,21). The third kappa shape index (κ3) is 2.95. The number of rotatable bonds is 2. The first-order valence-electron chi connectivity index (χ1n) is 6.27. The third-order valence-electron chi connectivity index (χ3n) is 3.11. The Morgan fingerprint density at radius 3 is 2.62 bits per heavy atom. The van der Waals surface area contributed by atoms with Gasteiger partial charge in [0.25, 0.3) is 0 Å². The predicted octanol–water partition coefficient (Wildman–Crippen LogP) is 4.65. The fourth-order valence-electron chi connectivity index (χ4n) is 2.17. The number of pyridine rings is 1. The van der Waals surface area contributed by atoms with Crippen molar-refractivity contribution in [3.8, 4) is 11.1 Å². The van der Waals surface area contributed by atoms with Crippen molar-refractivity contribution in [2.75, 3.05) is 5.32 Å². The van der Waals surface area contributed by atoms with E-state index in [-0.39, 0.29) is 0 Å². The number of carboxylic acid groups (broad SMARTS) is 1. The summed E-state index contributed by atoms with van der Waals surface area (Å²) in [4.78, 5) is 14.7. The number of carbonyl (C=O) groups is 1. The molecule has 0 aliphatic rings. The van der Waals surface area contributed by atoms with Crippen LogP contribution in [0.3, 0.4) is 0 Å². The van der Waals surface area contributed by atoms with Gasteiger partial charge in [-0.1, -0.05) is 35.9 Å². The maximum atomic E-state index is 10.6. The molecule has 0 fully saturated rings. The molecule has 5 heteroatoms. The average Bonchev–Trinajstić information content (AvgIpc) is 2.46. The highest BCUT2D eigenvalue weighted by Gasteiger charge is 2.04. The summed E-state index contributed by atoms with van der Waals surface area (Å²) in [6.07, 6.45) is 0.520. The fraction of sp³-hybridized carbons (Fsp3) is 0. The Hall–Kier alpha value is -2.59. The number of amides is 1. The Morgan fingerprint density at radius 2 is 1.86 bits per heavy atom. The minimum Gasteiger partial charge on any atom is -0.465 e. The summed E-state index contributed by atoms with van der Waals surface area (Å²) in [5, 5.41) is 13.5. The summed E-state index contributed by atoms with van der Waals surface area (Å²) < 4.78 is 0. The maximum Gasteiger partial charge on any atom is 0.410 e. The predicted molar refractivity (Wildman–Crippen MR) is 83.8 cm³/mol. The number of benzene rings is 2. The van der Waals surface area contributed by atoms with E-state index >= 15 is 0 Å². The molecule has 4 nitrogen and oxygen atoms in total. The molecule has 0 spiro atoms. The van der Waals surface area contributed by atoms with Crippen LogP contribution in [0.2, 0.25) is 5.02 Å². The molecular formula is C16H11ClN2O2. The number of hydrogen-bond donors (Lipinski definition) is 2. The van der Waals surface area contributed by atoms with Gasteiger partial charge < -0.3 is 5.11 Å². The van der Waals surface area contributed by atoms with Crippen molar-refractivity contribution in [3.63, 3.8) is 0 Å². The molecule has 0 unspecified atom stereocenters. The lowest BCUT2D eigenvalue weighted by Gasteiger charge is -2.06. The molecule has 3 rings (SSSR count). The quantitative estimate of drug-likeness (QED) is 0.724. The van der Waals surface area contributed by atoms with Crippen LogP contribution in [0.5, 0.6) is 0 Å². The van der Waals surface area contributed by atoms with Crippen LogP contribution in [0.1, 0.15) is 0 Å². The molecule has 1 aromatic heterocycles. The van der Waals surface area contributed by atoms with E-state index in [0.29, 0.717) is 10.8 Å². The van der Waals surface area contributed by atoms with Gasteiger partial charge in [0, 0.05) is 16.6 Å². The van der Waals surface area contributed by atoms with E-state index in [1.807, 2.05) is 42.5 Å². The number of fused-ring (bicyclic) bond motifs is 1. The van der Waals surface area contributed by atoms with Crippen molar-refractivity contribution < 1.29 is 9.90 Å². The number of aromatic nitrogens is 1. The SMILES string of the molecule is O=C(O)Nc1cc2ccc(-c3cccc(Cl)c3)cc2cn1. The molecule has 2 aromatic carbocycles. The van der Waals surface area contributed by atoms with Gasteiger partial charge in [-0.2, -0.15) is 0 Å². The number of anilines is 1. The van der Waals surface area contributed by atoms with Crippen molar-refractivity contribution >= 4 is 34.3 Å². The molecular weight excluding hydrogens is 288 g/mol. The summed E-state index contributed by atoms with van der Waals surface area (Å²) in [6, 6.07) is 15.2. The zero-order chi connectivity index (χ0) is 14.8. The Balaban J connectivity index is 2.03. The molecule has 0 atom stereocenters. The van der Waals surface area contributed by atoms with Crippen LogP contribution in [-0.4, -0.2) is 16.2 Å². The molecule has 0 radical (unpaired) electrons. The summed E-state index contributed by atoms with van der Waals surface area (Å²) in [5.74, 6) is 0.311. The van der Waals surface area contributed by atoms with Gasteiger partial charge in [-0.05, 0) is 40.8 Å². The highest BCUT2D eigenvalue weighted by atomic mass is 35.5. The van der Waals surface area contributed by atoms with E-state index in [1.165, 1.54) is 0 Å². The molecule has 1 amide bonds. The highest BCUT2D eigenvalue weighted by Crippen LogP contribution is 2.27. The minimum absolute atomic E-state index is 0.311. The molecule has 0 saturated heterocycles. The van der Waals surface area contributed by atoms with E-state index in [2.05, 4.69) is 10.3 Å². The van der Waals surface area contributed by atoms with Gasteiger partial charge in [0.05, 0.1) is 0 Å². The third-order valence-corrected chi connectivity index (χ3v) is 3.35. The molecule has 0 saturated carbocycles. The monoisotopic (exact) mass is 298 g/mol. The molecule has 0 bridgehead atoms. The van der Waals surface area contributed by atoms with Crippen molar-refractivity contribution in [2.24, 2.45) is 0 Å². The van der Waals surface area contributed by atoms with E-state index < -0.39 is 6.09 Å². The van der Waals surface area contributed by atoms with Crippen molar-refractivity contribution in [3.05, 3.63) is 59.8 Å². The lowest BCUT2D eigenvalue weighted by molar-refractivity contribution is 0.209. The zero-order valence-electron chi connectivity index (χ0n) is 10.9. The largest absolute Gasteiger partial charge is 0.465 e. The minimum atomic E-state index is -1.13. The molecule has 0 aliphatic heterocycles. The summed E-state index contributed by atoms with van der Waals surface area (Å²) in [7, 11) is 0. The van der Waals surface area contributed by atoms with Gasteiger partial charge in [0.2, 0.25) is 0 Å². The summed E-state index contributed by atoms with van der Waals surface area (Å²) >= 11 is 6.01. The van der Waals surface area contributed by atoms with Crippen LogP contribution < -0.4 is 5.32 Å². The summed E-state index contributed by atoms with van der Waals surface area (Å²) in [5.41, 5.74) is 2.06. The van der Waals surface area contributed by atoms with E-state index in [1.54, 1.807) is 12.3 Å². The fourth-order valence-corrected chi connectivity index (χ4v) is 2.36. The number of nitrogens with one attached hydrogen (secondary N) is 1. The number of nitrogens with zero attached hydrogens (tertiary/aromatic N) is 1. The Morgan fingerprint density at radius 1 is 1.05 bits per heavy atom. The van der Waals surface area contributed by atoms with Gasteiger partial charge in [0.1, 0.15) is 5.82 Å². The first-order valence-corrected chi connectivity index (χ1v) is 6.65. The van der Waals surface area contributed by atoms with Crippen LogP contribution >= 0.6 is 11.6 Å². The van der Waals surface area contributed by atoms with Gasteiger partial charge >= 0.3 is 6.09 Å². The zero-order valence-corrected chi connectivity index (χ0v) is 11.6. The number of hydrogen-bond acceptors (Lipinski definition) is 2. The van der Waals surface area contributed by atoms with Crippen molar-refractivity contribution in [2.45, 2.75) is 0 Å². The van der Waals surface area contributed by atoms with Crippen LogP contribution in [0.4, 0.5) is 10.6 Å². The average molecular weight is 299 g/mol. The Labute approximate surface area is 126 Å². The molecule has 104 valence electrons. The van der Waals surface area contributed by atoms with E-state index in [9.17, 15) is 4.79 Å². The van der Waals surface area contributed by atoms with Crippen LogP contribution in [0.15, 0.2) is 54.7 Å². The lowest BCUT2D eigenvalue weighted by Crippen LogP contribution is -2.08. The second kappa shape index (κ2) is 5.42. The van der Waals surface area contributed by atoms with Gasteiger partial charge in [-0.25, -0.2) is 9.78 Å². The van der Waals surface area contributed by atoms with E-state index in [4.69, 9.17) is 16.7 Å². The Bertz CT molecular complexity index is 833. The summed E-state index contributed by atoms with van der Waals surface area (Å²) in [6.45, 7) is 0. The van der Waals surface area contributed by atoms with Gasteiger partial charge in [-0.3, -0.25) is 5.32 Å². The second-order valence-electron chi connectivity index (χ2n) is 4.57. The van der Waals surface area contributed by atoms with E-state index in [0.717, 1.165) is 21.9 Å². The molecule has 1 heterocycles. The molecule has 0 aliphatic carbocycles. The highest BCUT2D eigenvalue weighted by molar-refractivity contribution is 6.30. The van der Waals surface area contributed by atoms with Crippen LogP contribution in [-0.2, 0) is 0 Å². The van der Waals surface area contributed by atoms with Crippen LogP contribution in [0.25, 0.3) is 21.9 Å². The van der Waals surface area contributed by atoms with Gasteiger partial charge in [0.15, 0.2) is 0 Å². The second-order valence-corrected chi connectivity index (χ2v) is 5.01. The van der Waals surface area contributed by atoms with Crippen LogP contribution in [0, 0.1) is 0 Å². The lowest BCUT2D eigenvalue weighted by atomic mass is 10.0. The van der Waals surface area contributed by atoms with Gasteiger partial charge in [-0.15, -0.1) is 0 Å². The first kappa shape index (κ1) is 13.4. The molecule has 21 heavy (non-hydrogen) atoms. The number of halogens is 1. The first-order chi connectivity index (χ1) is 10.1. The molecule has 3 aromatic rings. The van der Waals surface area contributed by atoms with Crippen molar-refractivity contribution in [1.29, 1.82) is 0 Å². The topological polar surface area (TPSA) is 62.2 Å². The van der Waals surface area contributed by atoms with Crippen molar-refractivity contribution in [1.82, 2.24) is 4.98 Å². The molecule has 2 N–H and O–H groups in total. The normalized spacial score (nSPS) is 10.5. The maximum absolute atomic E-state index is 10.6. The smallest absolute Gasteiger partial charge is 0.410 e.